The molecule has 2 heterocycles. The first kappa shape index (κ1) is 36.4. The minimum absolute atomic E-state index is 0.0275. The number of nitrogens with two attached hydrogens (primary N) is 2. The van der Waals surface area contributed by atoms with E-state index >= 15 is 0 Å². The summed E-state index contributed by atoms with van der Waals surface area (Å²) in [7, 11) is 0. The second kappa shape index (κ2) is 17.1. The first-order valence-electron chi connectivity index (χ1n) is 17.7. The lowest BCUT2D eigenvalue weighted by atomic mass is 9.57. The van der Waals surface area contributed by atoms with E-state index in [0.29, 0.717) is 43.4 Å². The van der Waals surface area contributed by atoms with Crippen molar-refractivity contribution in [2.24, 2.45) is 27.8 Å². The first-order chi connectivity index (χ1) is 22.5. The van der Waals surface area contributed by atoms with Gasteiger partial charge in [0.05, 0.1) is 11.5 Å². The zero-order valence-electron chi connectivity index (χ0n) is 29.0. The molecule has 1 saturated carbocycles. The summed E-state index contributed by atoms with van der Waals surface area (Å²) in [6, 6.07) is 11.4. The number of benzene rings is 1. The predicted octanol–water partition coefficient (Wildman–Crippen LogP) is 5.72. The van der Waals surface area contributed by atoms with Crippen LogP contribution in [0.1, 0.15) is 103 Å². The molecule has 1 aliphatic carbocycles. The van der Waals surface area contributed by atoms with Crippen LogP contribution in [-0.2, 0) is 4.79 Å². The van der Waals surface area contributed by atoms with E-state index in [1.165, 1.54) is 12.0 Å². The number of amidine groups is 2. The van der Waals surface area contributed by atoms with Crippen molar-refractivity contribution in [2.45, 2.75) is 116 Å². The maximum atomic E-state index is 12.9. The number of rotatable bonds is 14. The molecule has 4 unspecified atom stereocenters. The van der Waals surface area contributed by atoms with Crippen molar-refractivity contribution in [2.75, 3.05) is 26.2 Å². The molecule has 4 rings (SSSR count). The molecule has 4 atom stereocenters. The molecular formula is C38H58N8O. The number of carbonyl (C=O) groups is 1. The van der Waals surface area contributed by atoms with Gasteiger partial charge in [0.2, 0.25) is 0 Å². The van der Waals surface area contributed by atoms with E-state index in [-0.39, 0.29) is 35.0 Å². The fraction of sp³-hybridized carbons (Fsp3) is 0.632. The first-order valence-corrected chi connectivity index (χ1v) is 17.7. The van der Waals surface area contributed by atoms with E-state index < -0.39 is 0 Å². The Balaban J connectivity index is 1.24. The Morgan fingerprint density at radius 1 is 1.19 bits per heavy atom. The van der Waals surface area contributed by atoms with Crippen LogP contribution in [0.4, 0.5) is 0 Å². The lowest BCUT2D eigenvalue weighted by Crippen LogP contribution is -2.55. The molecule has 3 aliphatic rings. The number of hydrogen-bond acceptors (Lipinski definition) is 7. The molecule has 1 spiro atoms. The van der Waals surface area contributed by atoms with Gasteiger partial charge in [-0.3, -0.25) is 25.5 Å². The summed E-state index contributed by atoms with van der Waals surface area (Å²) in [6.07, 6.45) is 19.1. The molecule has 2 saturated heterocycles. The van der Waals surface area contributed by atoms with Crippen molar-refractivity contribution < 1.29 is 4.79 Å². The molecule has 0 bridgehead atoms. The molecule has 0 radical (unpaired) electrons. The van der Waals surface area contributed by atoms with E-state index in [0.717, 1.165) is 70.8 Å². The molecule has 1 amide bonds. The summed E-state index contributed by atoms with van der Waals surface area (Å²) in [6.45, 7) is 9.33. The Morgan fingerprint density at radius 3 is 2.55 bits per heavy atom. The molecule has 1 aromatic rings. The number of hydrogen-bond donors (Lipinski definition) is 4. The summed E-state index contributed by atoms with van der Waals surface area (Å²) in [4.78, 5) is 23.7. The van der Waals surface area contributed by atoms with Gasteiger partial charge in [-0.25, -0.2) is 0 Å². The number of piperidine rings is 1. The van der Waals surface area contributed by atoms with Gasteiger partial charge in [-0.1, -0.05) is 30.3 Å². The summed E-state index contributed by atoms with van der Waals surface area (Å²) < 4.78 is 0. The van der Waals surface area contributed by atoms with Crippen LogP contribution >= 0.6 is 0 Å². The maximum absolute atomic E-state index is 12.9. The molecule has 6 N–H and O–H groups in total. The minimum atomic E-state index is -0.126. The molecule has 256 valence electrons. The van der Waals surface area contributed by atoms with E-state index in [1.54, 1.807) is 12.3 Å². The third-order valence-electron chi connectivity index (χ3n) is 10.9. The van der Waals surface area contributed by atoms with Crippen molar-refractivity contribution in [1.29, 1.82) is 10.8 Å². The quantitative estimate of drug-likeness (QED) is 0.0676. The lowest BCUT2D eigenvalue weighted by molar-refractivity contribution is -0.131. The fourth-order valence-corrected chi connectivity index (χ4v) is 8.04. The zero-order chi connectivity index (χ0) is 34.0. The van der Waals surface area contributed by atoms with Crippen LogP contribution in [0.3, 0.4) is 0 Å². The van der Waals surface area contributed by atoms with Crippen molar-refractivity contribution in [3.05, 3.63) is 47.7 Å². The summed E-state index contributed by atoms with van der Waals surface area (Å²) in [5.74, 6) is 3.70. The highest BCUT2D eigenvalue weighted by Crippen LogP contribution is 2.53. The Kier molecular flexibility index (Phi) is 13.2. The molecule has 3 fully saturated rings. The van der Waals surface area contributed by atoms with Crippen LogP contribution < -0.4 is 11.5 Å². The monoisotopic (exact) mass is 642 g/mol. The van der Waals surface area contributed by atoms with Crippen molar-refractivity contribution in [1.82, 2.24) is 14.7 Å². The van der Waals surface area contributed by atoms with Crippen LogP contribution in [-0.4, -0.2) is 82.8 Å². The van der Waals surface area contributed by atoms with Gasteiger partial charge in [0.25, 0.3) is 5.91 Å². The molecule has 9 nitrogen and oxygen atoms in total. The van der Waals surface area contributed by atoms with Gasteiger partial charge in [-0.05, 0) is 102 Å². The molecule has 0 aromatic heterocycles. The third-order valence-corrected chi connectivity index (χ3v) is 10.9. The topological polar surface area (TPSA) is 139 Å². The summed E-state index contributed by atoms with van der Waals surface area (Å²) >= 11 is 0. The number of carbonyl (C=O) groups excluding carboxylic acids is 1. The molecule has 47 heavy (non-hydrogen) atoms. The number of unbranched alkanes of at least 4 members (excludes halogenated alkanes) is 2. The van der Waals surface area contributed by atoms with Gasteiger partial charge in [0.1, 0.15) is 5.84 Å². The highest BCUT2D eigenvalue weighted by atomic mass is 16.2. The number of nitrogens with zero attached hydrogens (tertiary/aromatic N) is 4. The Bertz CT molecular complexity index is 1300. The summed E-state index contributed by atoms with van der Waals surface area (Å²) in [5, 5.41) is 17.8. The fourth-order valence-electron chi connectivity index (χ4n) is 8.04. The normalized spacial score (nSPS) is 23.0. The van der Waals surface area contributed by atoms with Crippen LogP contribution in [0.25, 0.3) is 0 Å². The van der Waals surface area contributed by atoms with Gasteiger partial charge in [0.15, 0.2) is 0 Å². The van der Waals surface area contributed by atoms with E-state index in [2.05, 4.69) is 53.9 Å². The second-order valence-electron chi connectivity index (χ2n) is 14.3. The van der Waals surface area contributed by atoms with Crippen LogP contribution in [0.15, 0.2) is 47.1 Å². The molecular weight excluding hydrogens is 584 g/mol. The molecule has 9 heteroatoms. The van der Waals surface area contributed by atoms with E-state index in [1.807, 2.05) is 22.8 Å². The summed E-state index contributed by atoms with van der Waals surface area (Å²) in [5.41, 5.74) is 14.2. The highest BCUT2D eigenvalue weighted by molar-refractivity contribution is 5.99. The van der Waals surface area contributed by atoms with Gasteiger partial charge in [-0.15, -0.1) is 12.3 Å². The average Bonchev–Trinajstić information content (AvgIpc) is 3.39. The SMILES string of the molecule is C#CCCCCN=C/C=C(\N)C(=O)N1CCC2(CC1)CC(C(=N)N(C(C)=N)C(C)CC1CCC(C)N1CCC(N)c1ccccc1)C2. The predicted molar refractivity (Wildman–Crippen MR) is 194 cm³/mol. The highest BCUT2D eigenvalue weighted by Gasteiger charge is 2.49. The lowest BCUT2D eigenvalue weighted by Gasteiger charge is -2.53. The van der Waals surface area contributed by atoms with Gasteiger partial charge >= 0.3 is 0 Å². The smallest absolute Gasteiger partial charge is 0.269 e. The Hall–Kier alpha value is -3.48. The zero-order valence-corrected chi connectivity index (χ0v) is 29.0. The average molecular weight is 643 g/mol. The van der Waals surface area contributed by atoms with Crippen molar-refractivity contribution in [3.63, 3.8) is 0 Å². The Morgan fingerprint density at radius 2 is 1.89 bits per heavy atom. The van der Waals surface area contributed by atoms with E-state index in [4.69, 9.17) is 23.3 Å². The number of likely N-dealkylation sites (tertiary alicyclic amines) is 2. The number of nitrogens with one attached hydrogen (secondary N) is 2. The maximum Gasteiger partial charge on any atom is 0.269 e. The third kappa shape index (κ3) is 9.55. The van der Waals surface area contributed by atoms with Crippen LogP contribution in [0.5, 0.6) is 0 Å². The second-order valence-corrected chi connectivity index (χ2v) is 14.3. The largest absolute Gasteiger partial charge is 0.394 e. The molecule has 1 aromatic carbocycles. The standard InChI is InChI=1S/C38H58N8O/c1-5-6-7-11-20-43-21-16-35(41)37(47)44-23-18-38(19-24-44)26-32(27-38)36(42)46(30(4)39)29(3)25-33-15-14-28(2)45(33)22-17-34(40)31-12-9-8-10-13-31/h1,8-10,12-13,16,21,28-29,32-34,39,42H,6-7,11,14-15,17-20,22-27,40-41H2,2-4H3/b35-16-,39-30?,42-36?,43-21?. The Labute approximate surface area is 283 Å². The van der Waals surface area contributed by atoms with Crippen LogP contribution in [0, 0.1) is 34.5 Å². The van der Waals surface area contributed by atoms with Crippen LogP contribution in [0.2, 0.25) is 0 Å². The van der Waals surface area contributed by atoms with E-state index in [9.17, 15) is 10.2 Å². The van der Waals surface area contributed by atoms with Crippen molar-refractivity contribution in [3.8, 4) is 12.3 Å². The minimum Gasteiger partial charge on any atom is -0.394 e. The molecule has 2 aliphatic heterocycles. The van der Waals surface area contributed by atoms with Gasteiger partial charge in [0, 0.05) is 68.9 Å². The van der Waals surface area contributed by atoms with Crippen molar-refractivity contribution >= 4 is 23.8 Å². The van der Waals surface area contributed by atoms with Gasteiger partial charge in [-0.2, -0.15) is 0 Å². The number of amides is 1. The number of aliphatic imine (C=N–C) groups is 1. The number of terminal acetylenes is 1. The van der Waals surface area contributed by atoms with Gasteiger partial charge < -0.3 is 21.3 Å². The number of allylic oxidation sites excluding steroid dienone is 1.